The van der Waals surface area contributed by atoms with Crippen LogP contribution in [-0.2, 0) is 0 Å². The summed E-state index contributed by atoms with van der Waals surface area (Å²) < 4.78 is 44.0. The van der Waals surface area contributed by atoms with E-state index < -0.39 is 12.0 Å². The minimum atomic E-state index is -0.883. The van der Waals surface area contributed by atoms with Crippen LogP contribution in [-0.4, -0.2) is 75.6 Å². The predicted molar refractivity (Wildman–Crippen MR) is 155 cm³/mol. The summed E-state index contributed by atoms with van der Waals surface area (Å²) in [5.74, 6) is 0.275. The summed E-state index contributed by atoms with van der Waals surface area (Å²) in [6.45, 7) is 1.50. The standard InChI is InChI=1S/C31H34ClF2N5O3/c1-38-21-5-2-3-6-22(21)42-29-24-27(25(34)26(35-29)19-11-18(40)12-20(32)23(19)16-7-8-16)36-30(37-28(24)38)41-15-31-9-4-10-39(31)14-17(33)13-31/h11-12,16-17,21-22,40H,2-10,13-15H2,1H3/t17-,21?,22?,31+/m1/s1. The molecule has 0 spiro atoms. The molecule has 4 fully saturated rings. The zero-order chi connectivity index (χ0) is 28.7. The fraction of sp³-hybridized carbons (Fsp3) is 0.581. The summed E-state index contributed by atoms with van der Waals surface area (Å²) in [6, 6.07) is 3.11. The Kier molecular flexibility index (Phi) is 6.20. The highest BCUT2D eigenvalue weighted by molar-refractivity contribution is 6.32. The van der Waals surface area contributed by atoms with Gasteiger partial charge < -0.3 is 19.5 Å². The number of anilines is 1. The van der Waals surface area contributed by atoms with Crippen molar-refractivity contribution in [3.63, 3.8) is 0 Å². The van der Waals surface area contributed by atoms with Crippen LogP contribution in [0.25, 0.3) is 22.2 Å². The number of phenolic OH excluding ortho intramolecular Hbond substituents is 1. The van der Waals surface area contributed by atoms with E-state index in [1.807, 2.05) is 7.05 Å². The van der Waals surface area contributed by atoms with Crippen molar-refractivity contribution in [2.24, 2.45) is 0 Å². The Morgan fingerprint density at radius 2 is 1.98 bits per heavy atom. The number of fused-ring (bicyclic) bond motifs is 2. The number of halogens is 3. The topological polar surface area (TPSA) is 83.8 Å². The van der Waals surface area contributed by atoms with Crippen LogP contribution in [0.1, 0.15) is 69.3 Å². The average molecular weight is 598 g/mol. The quantitative estimate of drug-likeness (QED) is 0.374. The Morgan fingerprint density at radius 1 is 1.14 bits per heavy atom. The van der Waals surface area contributed by atoms with Gasteiger partial charge in [0.25, 0.3) is 0 Å². The SMILES string of the molecule is CN1c2nc(OC[C@@]34CCCN3C[C@H](F)C4)nc3c(F)c(-c4cc(O)cc(Cl)c4C4CC4)nc(c23)OC2CCCCC21. The van der Waals surface area contributed by atoms with Gasteiger partial charge in [0.05, 0.1) is 11.6 Å². The smallest absolute Gasteiger partial charge is 0.319 e. The lowest BCUT2D eigenvalue weighted by Crippen LogP contribution is -2.45. The van der Waals surface area contributed by atoms with Gasteiger partial charge in [-0.1, -0.05) is 18.0 Å². The first-order valence-electron chi connectivity index (χ1n) is 15.2. The molecule has 5 aliphatic rings. The number of pyridine rings is 1. The number of hydrogen-bond acceptors (Lipinski definition) is 8. The first kappa shape index (κ1) is 26.6. The van der Waals surface area contributed by atoms with Gasteiger partial charge in [-0.3, -0.25) is 4.90 Å². The molecular formula is C31H34ClF2N5O3. The van der Waals surface area contributed by atoms with E-state index in [9.17, 15) is 9.50 Å². The number of benzene rings is 1. The largest absolute Gasteiger partial charge is 0.508 e. The molecule has 5 heterocycles. The van der Waals surface area contributed by atoms with Crippen LogP contribution in [0.3, 0.4) is 0 Å². The van der Waals surface area contributed by atoms with Gasteiger partial charge in [0.2, 0.25) is 5.88 Å². The van der Waals surface area contributed by atoms with Crippen LogP contribution in [0, 0.1) is 5.82 Å². The number of hydrogen-bond donors (Lipinski definition) is 1. The molecule has 3 aliphatic heterocycles. The third kappa shape index (κ3) is 4.19. The fourth-order valence-corrected chi connectivity index (χ4v) is 8.25. The number of aromatic hydroxyl groups is 1. The van der Waals surface area contributed by atoms with Crippen molar-refractivity contribution in [2.75, 3.05) is 31.6 Å². The molecule has 3 aromatic rings. The zero-order valence-electron chi connectivity index (χ0n) is 23.6. The van der Waals surface area contributed by atoms with Crippen molar-refractivity contribution < 1.29 is 23.4 Å². The summed E-state index contributed by atoms with van der Waals surface area (Å²) in [5, 5.41) is 11.3. The lowest BCUT2D eigenvalue weighted by Gasteiger charge is -2.36. The van der Waals surface area contributed by atoms with Crippen molar-refractivity contribution in [3.8, 4) is 28.9 Å². The number of alkyl halides is 1. The highest BCUT2D eigenvalue weighted by Gasteiger charge is 2.49. The van der Waals surface area contributed by atoms with E-state index in [0.29, 0.717) is 34.8 Å². The second-order valence-corrected chi connectivity index (χ2v) is 13.2. The summed E-state index contributed by atoms with van der Waals surface area (Å²) in [6.07, 6.45) is 6.96. The summed E-state index contributed by atoms with van der Waals surface area (Å²) >= 11 is 6.59. The van der Waals surface area contributed by atoms with Gasteiger partial charge in [-0.25, -0.2) is 13.8 Å². The summed E-state index contributed by atoms with van der Waals surface area (Å²) in [4.78, 5) is 18.4. The molecule has 1 aromatic carbocycles. The van der Waals surface area contributed by atoms with E-state index in [0.717, 1.165) is 63.5 Å². The molecule has 222 valence electrons. The van der Waals surface area contributed by atoms with E-state index in [1.54, 1.807) is 0 Å². The number of likely N-dealkylation sites (N-methyl/N-ethyl adjacent to an activating group) is 1. The van der Waals surface area contributed by atoms with Crippen LogP contribution >= 0.6 is 11.6 Å². The van der Waals surface area contributed by atoms with Crippen molar-refractivity contribution in [2.45, 2.75) is 87.6 Å². The lowest BCUT2D eigenvalue weighted by molar-refractivity contribution is 0.107. The molecule has 2 saturated heterocycles. The van der Waals surface area contributed by atoms with Crippen LogP contribution < -0.4 is 14.4 Å². The molecule has 0 amide bonds. The molecule has 8 nitrogen and oxygen atoms in total. The molecule has 1 N–H and O–H groups in total. The van der Waals surface area contributed by atoms with E-state index in [-0.39, 0.29) is 59.1 Å². The fourth-order valence-electron chi connectivity index (χ4n) is 7.88. The van der Waals surface area contributed by atoms with E-state index >= 15 is 4.39 Å². The molecule has 0 bridgehead atoms. The predicted octanol–water partition coefficient (Wildman–Crippen LogP) is 6.16. The van der Waals surface area contributed by atoms with Gasteiger partial charge in [0.15, 0.2) is 5.82 Å². The molecule has 2 unspecified atom stereocenters. The maximum atomic E-state index is 16.8. The first-order valence-corrected chi connectivity index (χ1v) is 15.5. The molecule has 0 radical (unpaired) electrons. The third-order valence-corrected chi connectivity index (χ3v) is 10.4. The Bertz CT molecular complexity index is 1590. The highest BCUT2D eigenvalue weighted by atomic mass is 35.5. The first-order chi connectivity index (χ1) is 20.3. The monoisotopic (exact) mass is 597 g/mol. The van der Waals surface area contributed by atoms with E-state index in [2.05, 4.69) is 14.8 Å². The van der Waals surface area contributed by atoms with Crippen LogP contribution in [0.4, 0.5) is 14.6 Å². The minimum absolute atomic E-state index is 0.0358. The Morgan fingerprint density at radius 3 is 2.81 bits per heavy atom. The van der Waals surface area contributed by atoms with Crippen molar-refractivity contribution >= 4 is 28.3 Å². The number of ether oxygens (including phenoxy) is 2. The van der Waals surface area contributed by atoms with Crippen LogP contribution in [0.5, 0.6) is 17.6 Å². The van der Waals surface area contributed by atoms with Crippen LogP contribution in [0.2, 0.25) is 5.02 Å². The zero-order valence-corrected chi connectivity index (χ0v) is 24.3. The third-order valence-electron chi connectivity index (χ3n) is 10.1. The van der Waals surface area contributed by atoms with E-state index in [1.165, 1.54) is 12.1 Å². The van der Waals surface area contributed by atoms with Crippen LogP contribution in [0.15, 0.2) is 12.1 Å². The minimum Gasteiger partial charge on any atom is -0.508 e. The Labute approximate surface area is 248 Å². The van der Waals surface area contributed by atoms with Gasteiger partial charge in [-0.2, -0.15) is 9.97 Å². The Balaban J connectivity index is 1.29. The van der Waals surface area contributed by atoms with Gasteiger partial charge >= 0.3 is 6.01 Å². The maximum absolute atomic E-state index is 16.8. The van der Waals surface area contributed by atoms with E-state index in [4.69, 9.17) is 31.0 Å². The molecule has 4 atom stereocenters. The second-order valence-electron chi connectivity index (χ2n) is 12.8. The molecule has 2 aliphatic carbocycles. The molecular weight excluding hydrogens is 564 g/mol. The van der Waals surface area contributed by atoms with Gasteiger partial charge in [0, 0.05) is 30.6 Å². The maximum Gasteiger partial charge on any atom is 0.319 e. The number of phenols is 1. The number of nitrogens with zero attached hydrogens (tertiary/aromatic N) is 5. The number of rotatable bonds is 5. The van der Waals surface area contributed by atoms with Crippen molar-refractivity contribution in [1.82, 2.24) is 19.9 Å². The summed E-state index contributed by atoms with van der Waals surface area (Å²) in [5.41, 5.74) is 0.933. The molecule has 42 heavy (non-hydrogen) atoms. The van der Waals surface area contributed by atoms with Gasteiger partial charge in [-0.15, -0.1) is 0 Å². The lowest BCUT2D eigenvalue weighted by atomic mass is 9.91. The van der Waals surface area contributed by atoms with Gasteiger partial charge in [-0.05, 0) is 75.1 Å². The molecule has 8 rings (SSSR count). The normalized spacial score (nSPS) is 28.9. The van der Waals surface area contributed by atoms with Crippen molar-refractivity contribution in [1.29, 1.82) is 0 Å². The second kappa shape index (κ2) is 9.77. The molecule has 2 aromatic heterocycles. The number of aromatic nitrogens is 3. The van der Waals surface area contributed by atoms with Gasteiger partial charge in [0.1, 0.15) is 47.0 Å². The average Bonchev–Trinajstić information content (AvgIpc) is 3.67. The Hall–Kier alpha value is -2.98. The highest BCUT2D eigenvalue weighted by Crippen LogP contribution is 2.51. The summed E-state index contributed by atoms with van der Waals surface area (Å²) in [7, 11) is 1.96. The van der Waals surface area contributed by atoms with Crippen molar-refractivity contribution in [3.05, 3.63) is 28.5 Å². The molecule has 11 heteroatoms. The molecule has 2 saturated carbocycles.